The smallest absolute Gasteiger partial charge is 0.0542 e. The summed E-state index contributed by atoms with van der Waals surface area (Å²) in [6.07, 6.45) is 0. The summed E-state index contributed by atoms with van der Waals surface area (Å²) in [5.74, 6) is 0. The molecule has 2 aromatic heterocycles. The summed E-state index contributed by atoms with van der Waals surface area (Å²) in [4.78, 5) is 5.24. The average Bonchev–Trinajstić information content (AvgIpc) is 3.80. The largest absolute Gasteiger partial charge is 0.309 e. The van der Waals surface area contributed by atoms with Gasteiger partial charge in [-0.15, -0.1) is 10.0 Å². The molecule has 57 heavy (non-hydrogen) atoms. The fraction of sp³-hybridized carbons (Fsp3) is 0. The van der Waals surface area contributed by atoms with Crippen LogP contribution in [0.1, 0.15) is 0 Å². The van der Waals surface area contributed by atoms with E-state index >= 15 is 0 Å². The molecular formula is C54H38N2S. The molecular weight excluding hydrogens is 709 g/mol. The molecule has 2 nitrogen and oxygen atoms in total. The highest BCUT2D eigenvalue weighted by molar-refractivity contribution is 8.34. The molecule has 11 rings (SSSR count). The number of nitrogens with zero attached hydrogens (tertiary/aromatic N) is 2. The molecule has 9 aromatic carbocycles. The van der Waals surface area contributed by atoms with Crippen LogP contribution < -0.4 is 0 Å². The fourth-order valence-corrected chi connectivity index (χ4v) is 12.9. The third-order valence-electron chi connectivity index (χ3n) is 11.4. The minimum absolute atomic E-state index is 1.15. The Morgan fingerprint density at radius 1 is 0.246 bits per heavy atom. The summed E-state index contributed by atoms with van der Waals surface area (Å²) in [6, 6.07) is 84.8. The van der Waals surface area contributed by atoms with Crippen molar-refractivity contribution >= 4 is 53.6 Å². The molecule has 0 aliphatic rings. The van der Waals surface area contributed by atoms with E-state index in [0.717, 1.165) is 11.4 Å². The van der Waals surface area contributed by atoms with Crippen molar-refractivity contribution < 1.29 is 0 Å². The highest BCUT2D eigenvalue weighted by Crippen LogP contribution is 2.73. The van der Waals surface area contributed by atoms with E-state index in [1.165, 1.54) is 74.3 Å². The first kappa shape index (κ1) is 33.3. The van der Waals surface area contributed by atoms with Gasteiger partial charge in [-0.2, -0.15) is 0 Å². The van der Waals surface area contributed by atoms with Crippen LogP contribution in [0, 0.1) is 0 Å². The van der Waals surface area contributed by atoms with Gasteiger partial charge in [0.25, 0.3) is 0 Å². The summed E-state index contributed by atoms with van der Waals surface area (Å²) in [6.45, 7) is 0. The minimum atomic E-state index is -1.85. The van der Waals surface area contributed by atoms with Crippen LogP contribution in [0.2, 0.25) is 0 Å². The van der Waals surface area contributed by atoms with E-state index in [1.54, 1.807) is 0 Å². The van der Waals surface area contributed by atoms with Gasteiger partial charge in [0, 0.05) is 52.5 Å². The zero-order valence-corrected chi connectivity index (χ0v) is 32.1. The maximum atomic E-state index is 2.46. The van der Waals surface area contributed by atoms with E-state index in [1.807, 2.05) is 0 Å². The standard InChI is InChI=1S/C54H38N2S/c1-5-18-39(19-6-1)40-32-34-53-49(36-40)47-28-13-15-30-51(47)56(53)42-33-35-54-50(38-42)48-29-14-16-31-52(48)55(54)41-20-17-27-46(37-41)57(43-21-7-2-8-22-43,44-23-9-3-10-24-44)45-25-11-4-12-26-45/h1-38H. The molecule has 0 saturated carbocycles. The number of fused-ring (bicyclic) bond motifs is 6. The molecule has 0 N–H and O–H groups in total. The number of aromatic nitrogens is 2. The Labute approximate surface area is 333 Å². The maximum Gasteiger partial charge on any atom is 0.0542 e. The molecule has 11 aromatic rings. The van der Waals surface area contributed by atoms with E-state index in [-0.39, 0.29) is 0 Å². The molecule has 0 radical (unpaired) electrons. The van der Waals surface area contributed by atoms with E-state index in [4.69, 9.17) is 0 Å². The topological polar surface area (TPSA) is 9.86 Å². The Balaban J connectivity index is 1.13. The van der Waals surface area contributed by atoms with Gasteiger partial charge in [-0.25, -0.2) is 0 Å². The molecule has 0 bridgehead atoms. The molecule has 0 amide bonds. The Bertz CT molecular complexity index is 3120. The van der Waals surface area contributed by atoms with Crippen LogP contribution in [0.4, 0.5) is 0 Å². The number of hydrogen-bond donors (Lipinski definition) is 0. The zero-order valence-electron chi connectivity index (χ0n) is 31.2. The van der Waals surface area contributed by atoms with Crippen LogP contribution in [-0.2, 0) is 0 Å². The van der Waals surface area contributed by atoms with Crippen LogP contribution >= 0.6 is 10.0 Å². The van der Waals surface area contributed by atoms with Gasteiger partial charge in [0.05, 0.1) is 22.1 Å². The third kappa shape index (κ3) is 5.28. The van der Waals surface area contributed by atoms with Gasteiger partial charge < -0.3 is 9.13 Å². The van der Waals surface area contributed by atoms with Gasteiger partial charge in [0.15, 0.2) is 0 Å². The maximum absolute atomic E-state index is 2.46. The lowest BCUT2D eigenvalue weighted by atomic mass is 10.0. The second-order valence-corrected chi connectivity index (χ2v) is 17.7. The van der Waals surface area contributed by atoms with Crippen LogP contribution in [0.25, 0.3) is 66.1 Å². The fourth-order valence-electron chi connectivity index (χ4n) is 8.94. The Morgan fingerprint density at radius 3 is 1.23 bits per heavy atom. The molecule has 270 valence electrons. The molecule has 2 heterocycles. The lowest BCUT2D eigenvalue weighted by Gasteiger charge is -2.42. The number of rotatable bonds is 7. The molecule has 0 atom stereocenters. The van der Waals surface area contributed by atoms with Gasteiger partial charge in [-0.05, 0) is 108 Å². The van der Waals surface area contributed by atoms with Crippen molar-refractivity contribution in [1.29, 1.82) is 0 Å². The van der Waals surface area contributed by atoms with Crippen molar-refractivity contribution in [2.24, 2.45) is 0 Å². The van der Waals surface area contributed by atoms with Gasteiger partial charge in [-0.1, -0.05) is 133 Å². The molecule has 0 spiro atoms. The van der Waals surface area contributed by atoms with Crippen molar-refractivity contribution in [3.63, 3.8) is 0 Å². The van der Waals surface area contributed by atoms with Crippen molar-refractivity contribution in [3.05, 3.63) is 231 Å². The molecule has 0 unspecified atom stereocenters. The minimum Gasteiger partial charge on any atom is -0.309 e. The van der Waals surface area contributed by atoms with Crippen molar-refractivity contribution in [1.82, 2.24) is 9.13 Å². The summed E-state index contributed by atoms with van der Waals surface area (Å²) in [5, 5.41) is 4.98. The average molecular weight is 747 g/mol. The summed E-state index contributed by atoms with van der Waals surface area (Å²) in [7, 11) is -1.85. The first-order valence-corrected chi connectivity index (χ1v) is 21.1. The van der Waals surface area contributed by atoms with Crippen molar-refractivity contribution in [2.75, 3.05) is 0 Å². The van der Waals surface area contributed by atoms with Gasteiger partial charge in [0.2, 0.25) is 0 Å². The van der Waals surface area contributed by atoms with Crippen molar-refractivity contribution in [2.45, 2.75) is 19.6 Å². The molecule has 0 saturated heterocycles. The van der Waals surface area contributed by atoms with Gasteiger partial charge in [-0.3, -0.25) is 0 Å². The SMILES string of the molecule is c1ccc(-c2ccc3c(c2)c2ccccc2n3-c2ccc3c(c2)c2ccccc2n3-c2cccc(S(c3ccccc3)(c3ccccc3)c3ccccc3)c2)cc1. The van der Waals surface area contributed by atoms with Crippen LogP contribution in [-0.4, -0.2) is 9.13 Å². The third-order valence-corrected chi connectivity index (χ3v) is 15.3. The second-order valence-electron chi connectivity index (χ2n) is 14.6. The second kappa shape index (κ2) is 13.6. The Kier molecular flexibility index (Phi) is 7.94. The summed E-state index contributed by atoms with van der Waals surface area (Å²) < 4.78 is 4.89. The highest BCUT2D eigenvalue weighted by atomic mass is 32.3. The lowest BCUT2D eigenvalue weighted by molar-refractivity contribution is 1.14. The zero-order chi connectivity index (χ0) is 37.8. The predicted molar refractivity (Wildman–Crippen MR) is 241 cm³/mol. The Morgan fingerprint density at radius 2 is 0.667 bits per heavy atom. The van der Waals surface area contributed by atoms with E-state index in [2.05, 4.69) is 240 Å². The normalized spacial score (nSPS) is 12.1. The molecule has 0 aliphatic heterocycles. The van der Waals surface area contributed by atoms with E-state index < -0.39 is 10.0 Å². The Hall–Kier alpha value is -7.07. The molecule has 3 heteroatoms. The summed E-state index contributed by atoms with van der Waals surface area (Å²) in [5.41, 5.74) is 9.54. The molecule has 0 fully saturated rings. The lowest BCUT2D eigenvalue weighted by Crippen LogP contribution is -2.06. The predicted octanol–water partition coefficient (Wildman–Crippen LogP) is 14.9. The van der Waals surface area contributed by atoms with Gasteiger partial charge in [0.1, 0.15) is 0 Å². The van der Waals surface area contributed by atoms with Gasteiger partial charge >= 0.3 is 0 Å². The van der Waals surface area contributed by atoms with Crippen LogP contribution in [0.15, 0.2) is 250 Å². The number of benzene rings is 9. The van der Waals surface area contributed by atoms with E-state index in [0.29, 0.717) is 0 Å². The summed E-state index contributed by atoms with van der Waals surface area (Å²) >= 11 is 0. The van der Waals surface area contributed by atoms with E-state index in [9.17, 15) is 0 Å². The van der Waals surface area contributed by atoms with Crippen LogP contribution in [0.3, 0.4) is 0 Å². The quantitative estimate of drug-likeness (QED) is 0.154. The van der Waals surface area contributed by atoms with Crippen molar-refractivity contribution in [3.8, 4) is 22.5 Å². The first-order valence-electron chi connectivity index (χ1n) is 19.5. The molecule has 0 aliphatic carbocycles. The number of hydrogen-bond acceptors (Lipinski definition) is 0. The highest BCUT2D eigenvalue weighted by Gasteiger charge is 2.33. The first-order chi connectivity index (χ1) is 28.3. The van der Waals surface area contributed by atoms with Crippen LogP contribution in [0.5, 0.6) is 0 Å². The number of para-hydroxylation sites is 2. The monoisotopic (exact) mass is 746 g/mol.